The molecule has 0 aliphatic heterocycles. The van der Waals surface area contributed by atoms with E-state index in [1.54, 1.807) is 30.1 Å². The van der Waals surface area contributed by atoms with Crippen LogP contribution in [-0.4, -0.2) is 35.3 Å². The minimum absolute atomic E-state index is 0.148. The molecule has 0 radical (unpaired) electrons. The molecule has 146 valence electrons. The van der Waals surface area contributed by atoms with Crippen molar-refractivity contribution in [3.8, 4) is 11.3 Å². The van der Waals surface area contributed by atoms with Gasteiger partial charge in [0.2, 0.25) is 5.91 Å². The van der Waals surface area contributed by atoms with Crippen molar-refractivity contribution in [1.29, 1.82) is 0 Å². The Labute approximate surface area is 161 Å². The van der Waals surface area contributed by atoms with Crippen LogP contribution in [0.3, 0.4) is 0 Å². The molecule has 0 unspecified atom stereocenters. The lowest BCUT2D eigenvalue weighted by Crippen LogP contribution is -2.08. The van der Waals surface area contributed by atoms with Crippen molar-refractivity contribution in [2.45, 2.75) is 11.8 Å². The van der Waals surface area contributed by atoms with E-state index >= 15 is 0 Å². The summed E-state index contributed by atoms with van der Waals surface area (Å²) in [5.74, 6) is -0.704. The van der Waals surface area contributed by atoms with E-state index in [9.17, 15) is 17.6 Å². The van der Waals surface area contributed by atoms with Gasteiger partial charge in [-0.1, -0.05) is 0 Å². The fraction of sp³-hybridized carbons (Fsp3) is 0.167. The van der Waals surface area contributed by atoms with Crippen LogP contribution in [0.1, 0.15) is 6.92 Å². The highest BCUT2D eigenvalue weighted by Crippen LogP contribution is 2.31. The van der Waals surface area contributed by atoms with E-state index in [0.29, 0.717) is 16.9 Å². The van der Waals surface area contributed by atoms with E-state index in [-0.39, 0.29) is 22.3 Å². The van der Waals surface area contributed by atoms with Crippen molar-refractivity contribution < 1.29 is 17.6 Å². The lowest BCUT2D eigenvalue weighted by molar-refractivity contribution is -0.114. The quantitative estimate of drug-likeness (QED) is 0.679. The first-order chi connectivity index (χ1) is 13.1. The number of carbonyl (C=O) groups excluding carboxylic acids is 1. The number of rotatable bonds is 5. The SMILES string of the molecule is CC(=O)Nc1cc(Nc2cc(F)cc(S(C)(=O)=O)c2)c(-c2ccn(C)n2)cn1. The Morgan fingerprint density at radius 1 is 1.21 bits per heavy atom. The summed E-state index contributed by atoms with van der Waals surface area (Å²) in [5, 5.41) is 9.91. The van der Waals surface area contributed by atoms with Crippen LogP contribution in [0.5, 0.6) is 0 Å². The molecule has 0 bridgehead atoms. The molecule has 0 spiro atoms. The number of nitrogens with one attached hydrogen (secondary N) is 2. The monoisotopic (exact) mass is 403 g/mol. The van der Waals surface area contributed by atoms with Crippen LogP contribution in [0.4, 0.5) is 21.6 Å². The van der Waals surface area contributed by atoms with Crippen LogP contribution in [-0.2, 0) is 21.7 Å². The lowest BCUT2D eigenvalue weighted by atomic mass is 10.1. The molecular weight excluding hydrogens is 385 g/mol. The molecule has 8 nitrogen and oxygen atoms in total. The van der Waals surface area contributed by atoms with Gasteiger partial charge in [-0.25, -0.2) is 17.8 Å². The highest BCUT2D eigenvalue weighted by atomic mass is 32.2. The predicted octanol–water partition coefficient (Wildman–Crippen LogP) is 2.73. The molecule has 0 atom stereocenters. The number of carbonyl (C=O) groups is 1. The standard InChI is InChI=1S/C18H18FN5O3S/c1-11(25)21-18-9-17(15(10-20-18)16-4-5-24(2)23-16)22-13-6-12(19)7-14(8-13)28(3,26)27/h4-10H,1-3H3,(H2,20,21,22,25). The van der Waals surface area contributed by atoms with Crippen molar-refractivity contribution in [1.82, 2.24) is 14.8 Å². The number of pyridine rings is 1. The predicted molar refractivity (Wildman–Crippen MR) is 104 cm³/mol. The van der Waals surface area contributed by atoms with E-state index in [2.05, 4.69) is 20.7 Å². The molecule has 3 rings (SSSR count). The highest BCUT2D eigenvalue weighted by molar-refractivity contribution is 7.90. The van der Waals surface area contributed by atoms with Gasteiger partial charge in [0, 0.05) is 49.9 Å². The van der Waals surface area contributed by atoms with Gasteiger partial charge in [-0.2, -0.15) is 5.10 Å². The van der Waals surface area contributed by atoms with E-state index < -0.39 is 15.7 Å². The number of aromatic nitrogens is 3. The van der Waals surface area contributed by atoms with Gasteiger partial charge in [0.25, 0.3) is 0 Å². The molecule has 0 aliphatic rings. The smallest absolute Gasteiger partial charge is 0.222 e. The molecule has 2 N–H and O–H groups in total. The second-order valence-electron chi connectivity index (χ2n) is 6.24. The van der Waals surface area contributed by atoms with Crippen molar-refractivity contribution in [2.24, 2.45) is 7.05 Å². The first kappa shape index (κ1) is 19.5. The number of hydrogen-bond donors (Lipinski definition) is 2. The summed E-state index contributed by atoms with van der Waals surface area (Å²) in [6.07, 6.45) is 4.28. The molecule has 0 aliphatic carbocycles. The number of nitrogens with zero attached hydrogens (tertiary/aromatic N) is 3. The molecule has 1 amide bonds. The molecule has 3 aromatic rings. The number of anilines is 3. The summed E-state index contributed by atoms with van der Waals surface area (Å²) in [7, 11) is -1.82. The number of amides is 1. The van der Waals surface area contributed by atoms with Crippen LogP contribution in [0.25, 0.3) is 11.3 Å². The maximum atomic E-state index is 13.9. The molecule has 0 fully saturated rings. The first-order valence-corrected chi connectivity index (χ1v) is 10.1. The fourth-order valence-electron chi connectivity index (χ4n) is 2.57. The maximum absolute atomic E-state index is 13.9. The Balaban J connectivity index is 2.09. The minimum atomic E-state index is -3.59. The molecular formula is C18H18FN5O3S. The van der Waals surface area contributed by atoms with Gasteiger partial charge >= 0.3 is 0 Å². The van der Waals surface area contributed by atoms with Crippen LogP contribution in [0.2, 0.25) is 0 Å². The van der Waals surface area contributed by atoms with E-state index in [1.165, 1.54) is 25.3 Å². The van der Waals surface area contributed by atoms with Crippen LogP contribution in [0, 0.1) is 5.82 Å². The van der Waals surface area contributed by atoms with E-state index in [4.69, 9.17) is 0 Å². The summed E-state index contributed by atoms with van der Waals surface area (Å²) in [5.41, 5.74) is 1.91. The van der Waals surface area contributed by atoms with Gasteiger partial charge in [-0.15, -0.1) is 0 Å². The third kappa shape index (κ3) is 4.52. The zero-order valence-electron chi connectivity index (χ0n) is 15.4. The van der Waals surface area contributed by atoms with Crippen molar-refractivity contribution in [3.63, 3.8) is 0 Å². The van der Waals surface area contributed by atoms with Crippen molar-refractivity contribution in [3.05, 3.63) is 48.5 Å². The third-order valence-corrected chi connectivity index (χ3v) is 4.87. The molecule has 0 saturated heterocycles. The average Bonchev–Trinajstić information content (AvgIpc) is 2.99. The summed E-state index contributed by atoms with van der Waals surface area (Å²) in [4.78, 5) is 15.4. The molecule has 2 aromatic heterocycles. The second-order valence-corrected chi connectivity index (χ2v) is 8.26. The third-order valence-electron chi connectivity index (χ3n) is 3.78. The summed E-state index contributed by atoms with van der Waals surface area (Å²) in [6, 6.07) is 6.80. The molecule has 28 heavy (non-hydrogen) atoms. The largest absolute Gasteiger partial charge is 0.355 e. The topological polar surface area (TPSA) is 106 Å². The van der Waals surface area contributed by atoms with E-state index in [1.807, 2.05) is 0 Å². The zero-order valence-corrected chi connectivity index (χ0v) is 16.2. The Morgan fingerprint density at radius 2 is 1.96 bits per heavy atom. The van der Waals surface area contributed by atoms with E-state index in [0.717, 1.165) is 12.3 Å². The number of halogens is 1. The summed E-state index contributed by atoms with van der Waals surface area (Å²) >= 11 is 0. The van der Waals surface area contributed by atoms with Crippen molar-refractivity contribution in [2.75, 3.05) is 16.9 Å². The van der Waals surface area contributed by atoms with Gasteiger partial charge < -0.3 is 10.6 Å². The zero-order chi connectivity index (χ0) is 20.5. The number of aryl methyl sites for hydroxylation is 1. The molecule has 10 heteroatoms. The summed E-state index contributed by atoms with van der Waals surface area (Å²) < 4.78 is 39.1. The Hall–Kier alpha value is -3.27. The highest BCUT2D eigenvalue weighted by Gasteiger charge is 2.14. The van der Waals surface area contributed by atoms with Crippen LogP contribution >= 0.6 is 0 Å². The van der Waals surface area contributed by atoms with Gasteiger partial charge in [-0.05, 0) is 24.3 Å². The Kier molecular flexibility index (Phi) is 5.14. The Morgan fingerprint density at radius 3 is 2.57 bits per heavy atom. The molecule has 2 heterocycles. The maximum Gasteiger partial charge on any atom is 0.222 e. The normalized spacial score (nSPS) is 11.3. The van der Waals surface area contributed by atoms with Gasteiger partial charge in [0.05, 0.1) is 16.3 Å². The number of hydrogen-bond acceptors (Lipinski definition) is 6. The molecule has 0 saturated carbocycles. The van der Waals surface area contributed by atoms with Gasteiger partial charge in [0.1, 0.15) is 11.6 Å². The van der Waals surface area contributed by atoms with Gasteiger partial charge in [-0.3, -0.25) is 9.48 Å². The summed E-state index contributed by atoms with van der Waals surface area (Å²) in [6.45, 7) is 1.35. The van der Waals surface area contributed by atoms with Crippen LogP contribution in [0.15, 0.2) is 47.6 Å². The number of sulfone groups is 1. The number of benzene rings is 1. The first-order valence-electron chi connectivity index (χ1n) is 8.17. The van der Waals surface area contributed by atoms with Crippen LogP contribution < -0.4 is 10.6 Å². The van der Waals surface area contributed by atoms with Crippen molar-refractivity contribution >= 4 is 32.9 Å². The minimum Gasteiger partial charge on any atom is -0.355 e. The second kappa shape index (κ2) is 7.39. The fourth-order valence-corrected chi connectivity index (χ4v) is 3.24. The average molecular weight is 403 g/mol. The Bertz CT molecular complexity index is 1160. The van der Waals surface area contributed by atoms with Gasteiger partial charge in [0.15, 0.2) is 9.84 Å². The lowest BCUT2D eigenvalue weighted by Gasteiger charge is -2.13. The molecule has 1 aromatic carbocycles.